The molecule has 0 spiro atoms. The summed E-state index contributed by atoms with van der Waals surface area (Å²) in [4.78, 5) is 30.7. The molecule has 0 atom stereocenters. The van der Waals surface area contributed by atoms with E-state index < -0.39 is 18.2 Å². The minimum Gasteiger partial charge on any atom is -0.457 e. The number of nitrogens with zero attached hydrogens (tertiary/aromatic N) is 2. The number of esters is 1. The first kappa shape index (κ1) is 16.4. The third kappa shape index (κ3) is 5.14. The zero-order valence-electron chi connectivity index (χ0n) is 11.1. The lowest BCUT2D eigenvalue weighted by molar-refractivity contribution is -0.160. The summed E-state index contributed by atoms with van der Waals surface area (Å²) in [6.45, 7) is 4.71. The third-order valence-electron chi connectivity index (χ3n) is 1.68. The Labute approximate surface area is 124 Å². The lowest BCUT2D eigenvalue weighted by Crippen LogP contribution is -2.26. The molecule has 1 aromatic rings. The molecular weight excluding hydrogens is 306 g/mol. The van der Waals surface area contributed by atoms with Gasteiger partial charge in [-0.3, -0.25) is 4.79 Å². The highest BCUT2D eigenvalue weighted by molar-refractivity contribution is 7.19. The molecule has 109 valence electrons. The Morgan fingerprint density at radius 2 is 2.20 bits per heavy atom. The molecule has 2 N–H and O–H groups in total. The first-order valence-electron chi connectivity index (χ1n) is 5.45. The first-order chi connectivity index (χ1) is 9.23. The van der Waals surface area contributed by atoms with E-state index in [1.165, 1.54) is 6.29 Å². The summed E-state index contributed by atoms with van der Waals surface area (Å²) in [5.74, 6) is -0.615. The van der Waals surface area contributed by atoms with Gasteiger partial charge in [0.05, 0.1) is 0 Å². The summed E-state index contributed by atoms with van der Waals surface area (Å²) in [6, 6.07) is 0. The number of hydrogen-bond acceptors (Lipinski definition) is 8. The average Bonchev–Trinajstić information content (AvgIpc) is 2.61. The Balaban J connectivity index is 2.66. The van der Waals surface area contributed by atoms with Crippen LogP contribution >= 0.6 is 22.9 Å². The topological polar surface area (TPSA) is 104 Å². The highest BCUT2D eigenvalue weighted by Gasteiger charge is 2.18. The van der Waals surface area contributed by atoms with Gasteiger partial charge in [-0.2, -0.15) is 0 Å². The molecule has 0 saturated carbocycles. The predicted molar refractivity (Wildman–Crippen MR) is 75.6 cm³/mol. The number of aromatic nitrogens is 1. The quantitative estimate of drug-likeness (QED) is 0.502. The van der Waals surface area contributed by atoms with Crippen LogP contribution < -0.4 is 5.73 Å². The van der Waals surface area contributed by atoms with Crippen molar-refractivity contribution in [2.75, 3.05) is 12.3 Å². The Kier molecular flexibility index (Phi) is 5.46. The minimum atomic E-state index is -0.629. The number of carbonyl (C=O) groups is 1. The van der Waals surface area contributed by atoms with Gasteiger partial charge < -0.3 is 15.3 Å². The summed E-state index contributed by atoms with van der Waals surface area (Å²) in [5, 5.41) is 3.63. The number of halogens is 1. The molecule has 0 unspecified atom stereocenters. The van der Waals surface area contributed by atoms with E-state index in [9.17, 15) is 9.59 Å². The molecule has 7 nitrogen and oxygen atoms in total. The van der Waals surface area contributed by atoms with E-state index in [1.807, 2.05) is 0 Å². The van der Waals surface area contributed by atoms with Crippen molar-refractivity contribution in [2.45, 2.75) is 26.4 Å². The van der Waals surface area contributed by atoms with Crippen molar-refractivity contribution >= 4 is 46.0 Å². The van der Waals surface area contributed by atoms with Crippen molar-refractivity contribution in [3.8, 4) is 0 Å². The fourth-order valence-corrected chi connectivity index (χ4v) is 2.02. The van der Waals surface area contributed by atoms with E-state index in [0.29, 0.717) is 0 Å². The standard InChI is InChI=1S/C11H13ClN3O4S/c1-11(2,3)19-7(17)5-18-15-6(4-16)8-9(12)20-10(13)14-8/h5H2,1-3H3,(H2,13,14)/b15-6+. The van der Waals surface area contributed by atoms with Gasteiger partial charge in [-0.05, 0) is 20.8 Å². The molecule has 1 heterocycles. The summed E-state index contributed by atoms with van der Waals surface area (Å²) in [7, 11) is 0. The predicted octanol–water partition coefficient (Wildman–Crippen LogP) is 1.55. The van der Waals surface area contributed by atoms with Crippen LogP contribution in [0.25, 0.3) is 0 Å². The smallest absolute Gasteiger partial charge is 0.347 e. The van der Waals surface area contributed by atoms with Gasteiger partial charge in [0.1, 0.15) is 15.6 Å². The number of hydrogen-bond donors (Lipinski definition) is 1. The summed E-state index contributed by atoms with van der Waals surface area (Å²) >= 11 is 6.80. The second-order valence-electron chi connectivity index (χ2n) is 4.58. The zero-order valence-corrected chi connectivity index (χ0v) is 12.7. The Bertz CT molecular complexity index is 536. The summed E-state index contributed by atoms with van der Waals surface area (Å²) in [6.07, 6.45) is 1.52. The van der Waals surface area contributed by atoms with Gasteiger partial charge in [-0.25, -0.2) is 9.78 Å². The van der Waals surface area contributed by atoms with E-state index in [4.69, 9.17) is 26.9 Å². The van der Waals surface area contributed by atoms with Gasteiger partial charge in [-0.1, -0.05) is 28.1 Å². The molecule has 0 fully saturated rings. The molecule has 0 aliphatic heterocycles. The second-order valence-corrected chi connectivity index (χ2v) is 6.21. The van der Waals surface area contributed by atoms with Crippen LogP contribution in [0.15, 0.2) is 5.16 Å². The maximum absolute atomic E-state index is 11.4. The molecule has 1 radical (unpaired) electrons. The molecule has 1 rings (SSSR count). The van der Waals surface area contributed by atoms with E-state index in [1.54, 1.807) is 20.8 Å². The van der Waals surface area contributed by atoms with E-state index >= 15 is 0 Å². The number of thiazole rings is 1. The van der Waals surface area contributed by atoms with E-state index in [-0.39, 0.29) is 20.9 Å². The largest absolute Gasteiger partial charge is 0.457 e. The van der Waals surface area contributed by atoms with Crippen LogP contribution in [0, 0.1) is 0 Å². The van der Waals surface area contributed by atoms with Crippen LogP contribution in [0.3, 0.4) is 0 Å². The van der Waals surface area contributed by atoms with Gasteiger partial charge in [0.15, 0.2) is 10.8 Å². The van der Waals surface area contributed by atoms with Crippen molar-refractivity contribution in [2.24, 2.45) is 5.16 Å². The molecule has 9 heteroatoms. The second kappa shape index (κ2) is 6.67. The molecule has 20 heavy (non-hydrogen) atoms. The van der Waals surface area contributed by atoms with Crippen molar-refractivity contribution < 1.29 is 19.2 Å². The number of ether oxygens (including phenoxy) is 1. The highest BCUT2D eigenvalue weighted by atomic mass is 35.5. The Hall–Kier alpha value is -1.67. The summed E-state index contributed by atoms with van der Waals surface area (Å²) in [5.41, 5.74) is 4.60. The van der Waals surface area contributed by atoms with Crippen LogP contribution in [-0.2, 0) is 19.2 Å². The molecule has 0 saturated heterocycles. The lowest BCUT2D eigenvalue weighted by Gasteiger charge is -2.18. The van der Waals surface area contributed by atoms with Gasteiger partial charge in [0, 0.05) is 0 Å². The minimum absolute atomic E-state index is 0.0633. The average molecular weight is 319 g/mol. The Morgan fingerprint density at radius 1 is 1.55 bits per heavy atom. The molecule has 0 bridgehead atoms. The van der Waals surface area contributed by atoms with Crippen molar-refractivity contribution in [3.63, 3.8) is 0 Å². The maximum Gasteiger partial charge on any atom is 0.347 e. The van der Waals surface area contributed by atoms with Crippen LogP contribution in [0.5, 0.6) is 0 Å². The van der Waals surface area contributed by atoms with Crippen LogP contribution in [0.4, 0.5) is 5.13 Å². The van der Waals surface area contributed by atoms with Gasteiger partial charge >= 0.3 is 5.97 Å². The van der Waals surface area contributed by atoms with E-state index in [0.717, 1.165) is 11.3 Å². The SMILES string of the molecule is CC(C)(C)OC(=O)CO/N=C(\[C]=O)c1nc(N)sc1Cl. The normalized spacial score (nSPS) is 12.1. The molecule has 1 aromatic heterocycles. The highest BCUT2D eigenvalue weighted by Crippen LogP contribution is 2.26. The number of nitrogens with two attached hydrogens (primary N) is 1. The maximum atomic E-state index is 11.4. The number of rotatable bonds is 5. The lowest BCUT2D eigenvalue weighted by atomic mass is 10.2. The molecule has 0 aromatic carbocycles. The van der Waals surface area contributed by atoms with Gasteiger partial charge in [0.25, 0.3) is 6.29 Å². The van der Waals surface area contributed by atoms with Gasteiger partial charge in [0.2, 0.25) is 6.61 Å². The van der Waals surface area contributed by atoms with Crippen molar-refractivity contribution in [1.82, 2.24) is 4.98 Å². The fourth-order valence-electron chi connectivity index (χ4n) is 1.09. The molecular formula is C11H13ClN3O4S. The number of nitrogen functional groups attached to an aromatic ring is 1. The van der Waals surface area contributed by atoms with Crippen LogP contribution in [0.1, 0.15) is 26.5 Å². The molecule has 0 aliphatic rings. The molecule has 0 amide bonds. The monoisotopic (exact) mass is 318 g/mol. The zero-order chi connectivity index (χ0) is 15.3. The van der Waals surface area contributed by atoms with Gasteiger partial charge in [-0.15, -0.1) is 0 Å². The Morgan fingerprint density at radius 3 is 2.65 bits per heavy atom. The summed E-state index contributed by atoms with van der Waals surface area (Å²) < 4.78 is 5.18. The molecule has 0 aliphatic carbocycles. The van der Waals surface area contributed by atoms with E-state index in [2.05, 4.69) is 10.1 Å². The first-order valence-corrected chi connectivity index (χ1v) is 6.64. The third-order valence-corrected chi connectivity index (χ3v) is 2.77. The number of carbonyl (C=O) groups excluding carboxylic acids is 2. The fraction of sp³-hybridized carbons (Fsp3) is 0.455. The number of anilines is 1. The van der Waals surface area contributed by atoms with Crippen LogP contribution in [0.2, 0.25) is 4.34 Å². The number of oxime groups is 1. The van der Waals surface area contributed by atoms with Crippen molar-refractivity contribution in [1.29, 1.82) is 0 Å². The van der Waals surface area contributed by atoms with Crippen LogP contribution in [-0.4, -0.2) is 35.2 Å². The van der Waals surface area contributed by atoms with Crippen molar-refractivity contribution in [3.05, 3.63) is 10.0 Å².